The molecule has 6 nitrogen and oxygen atoms in total. The molecule has 21 heavy (non-hydrogen) atoms. The number of sulfonamides is 1. The third kappa shape index (κ3) is 3.45. The summed E-state index contributed by atoms with van der Waals surface area (Å²) in [6, 6.07) is 1.45. The van der Waals surface area contributed by atoms with Crippen molar-refractivity contribution in [3.05, 3.63) is 16.3 Å². The molecule has 1 aromatic rings. The van der Waals surface area contributed by atoms with Crippen LogP contribution in [0.15, 0.2) is 16.3 Å². The summed E-state index contributed by atoms with van der Waals surface area (Å²) in [6.07, 6.45) is -0.0229. The molecule has 8 heteroatoms. The van der Waals surface area contributed by atoms with Crippen LogP contribution in [0.2, 0.25) is 0 Å². The molecule has 0 unspecified atom stereocenters. The number of morpholine rings is 1. The van der Waals surface area contributed by atoms with Crippen molar-refractivity contribution in [3.8, 4) is 0 Å². The zero-order chi connectivity index (χ0) is 15.8. The Hall–Kier alpha value is -0.960. The highest BCUT2D eigenvalue weighted by atomic mass is 32.2. The molecule has 2 heterocycles. The lowest BCUT2D eigenvalue weighted by atomic mass is 10.2. The van der Waals surface area contributed by atoms with Crippen LogP contribution in [0.3, 0.4) is 0 Å². The summed E-state index contributed by atoms with van der Waals surface area (Å²) < 4.78 is 30.8. The number of carbonyl (C=O) groups excluding carboxylic acids is 1. The molecular formula is C13H20N2O4S2. The molecule has 1 fully saturated rings. The average Bonchev–Trinajstić information content (AvgIpc) is 2.86. The number of hydrogen-bond donors (Lipinski definition) is 0. The summed E-state index contributed by atoms with van der Waals surface area (Å²) in [7, 11) is -0.549. The first-order valence-corrected chi connectivity index (χ1v) is 8.99. The number of rotatable bonds is 3. The highest BCUT2D eigenvalue weighted by Crippen LogP contribution is 2.24. The zero-order valence-corrected chi connectivity index (χ0v) is 14.2. The Bertz CT molecular complexity index is 614. The summed E-state index contributed by atoms with van der Waals surface area (Å²) in [4.78, 5) is 14.8. The lowest BCUT2D eigenvalue weighted by Crippen LogP contribution is -2.48. The second-order valence-electron chi connectivity index (χ2n) is 5.40. The summed E-state index contributed by atoms with van der Waals surface area (Å²) >= 11 is 1.16. The molecule has 1 saturated heterocycles. The topological polar surface area (TPSA) is 66.9 Å². The molecule has 0 aliphatic carbocycles. The second kappa shape index (κ2) is 6.04. The average molecular weight is 332 g/mol. The van der Waals surface area contributed by atoms with Gasteiger partial charge in [0.1, 0.15) is 0 Å². The minimum absolute atomic E-state index is 0.0114. The van der Waals surface area contributed by atoms with Gasteiger partial charge in [-0.3, -0.25) is 4.79 Å². The van der Waals surface area contributed by atoms with E-state index in [2.05, 4.69) is 0 Å². The van der Waals surface area contributed by atoms with E-state index in [1.54, 1.807) is 4.90 Å². The van der Waals surface area contributed by atoms with E-state index in [0.29, 0.717) is 18.0 Å². The lowest BCUT2D eigenvalue weighted by molar-refractivity contribution is -0.0585. The quantitative estimate of drug-likeness (QED) is 0.835. The Morgan fingerprint density at radius 3 is 2.43 bits per heavy atom. The molecule has 118 valence electrons. The number of carbonyl (C=O) groups is 1. The molecule has 0 spiro atoms. The van der Waals surface area contributed by atoms with Crippen molar-refractivity contribution in [3.63, 3.8) is 0 Å². The highest BCUT2D eigenvalue weighted by molar-refractivity contribution is 7.89. The molecule has 0 bridgehead atoms. The Kier molecular flexibility index (Phi) is 4.72. The molecule has 0 N–H and O–H groups in total. The van der Waals surface area contributed by atoms with Gasteiger partial charge in [0, 0.05) is 32.6 Å². The standard InChI is InChI=1S/C13H20N2O4S2/c1-9-6-15(7-10(2)19-9)13(16)12-5-11(8-20-12)21(17,18)14(3)4/h5,8-10H,6-7H2,1-4H3/t9-,10+. The summed E-state index contributed by atoms with van der Waals surface area (Å²) in [6.45, 7) is 4.90. The fraction of sp³-hybridized carbons (Fsp3) is 0.615. The van der Waals surface area contributed by atoms with E-state index >= 15 is 0 Å². The fourth-order valence-corrected chi connectivity index (χ4v) is 4.41. The van der Waals surface area contributed by atoms with Gasteiger partial charge < -0.3 is 9.64 Å². The maximum Gasteiger partial charge on any atom is 0.264 e. The van der Waals surface area contributed by atoms with E-state index in [1.807, 2.05) is 13.8 Å². The lowest BCUT2D eigenvalue weighted by Gasteiger charge is -2.35. The van der Waals surface area contributed by atoms with Crippen molar-refractivity contribution in [1.82, 2.24) is 9.21 Å². The maximum atomic E-state index is 12.5. The van der Waals surface area contributed by atoms with Crippen molar-refractivity contribution < 1.29 is 17.9 Å². The first kappa shape index (κ1) is 16.4. The summed E-state index contributed by atoms with van der Waals surface area (Å²) in [5.74, 6) is -0.137. The largest absolute Gasteiger partial charge is 0.372 e. The third-order valence-corrected chi connectivity index (χ3v) is 6.13. The van der Waals surface area contributed by atoms with Crippen LogP contribution in [0.1, 0.15) is 23.5 Å². The summed E-state index contributed by atoms with van der Waals surface area (Å²) in [5.41, 5.74) is 0. The Morgan fingerprint density at radius 1 is 1.33 bits per heavy atom. The summed E-state index contributed by atoms with van der Waals surface area (Å²) in [5, 5.41) is 1.51. The molecule has 0 saturated carbocycles. The van der Waals surface area contributed by atoms with Crippen LogP contribution in [0.4, 0.5) is 0 Å². The zero-order valence-electron chi connectivity index (χ0n) is 12.6. The Morgan fingerprint density at radius 2 is 1.90 bits per heavy atom. The van der Waals surface area contributed by atoms with Gasteiger partial charge in [0.15, 0.2) is 0 Å². The van der Waals surface area contributed by atoms with E-state index in [4.69, 9.17) is 4.74 Å². The van der Waals surface area contributed by atoms with Gasteiger partial charge >= 0.3 is 0 Å². The molecule has 0 aromatic carbocycles. The van der Waals surface area contributed by atoms with E-state index in [9.17, 15) is 13.2 Å². The smallest absolute Gasteiger partial charge is 0.264 e. The van der Waals surface area contributed by atoms with Crippen molar-refractivity contribution in [2.75, 3.05) is 27.2 Å². The van der Waals surface area contributed by atoms with Crippen LogP contribution >= 0.6 is 11.3 Å². The normalized spacial score (nSPS) is 23.6. The van der Waals surface area contributed by atoms with E-state index in [-0.39, 0.29) is 23.0 Å². The first-order chi connectivity index (χ1) is 9.71. The van der Waals surface area contributed by atoms with E-state index in [0.717, 1.165) is 15.6 Å². The van der Waals surface area contributed by atoms with Crippen molar-refractivity contribution in [2.24, 2.45) is 0 Å². The number of ether oxygens (including phenoxy) is 1. The van der Waals surface area contributed by atoms with Gasteiger partial charge in [-0.05, 0) is 19.9 Å². The number of thiophene rings is 1. The minimum atomic E-state index is -3.49. The maximum absolute atomic E-state index is 12.5. The van der Waals surface area contributed by atoms with Gasteiger partial charge in [-0.1, -0.05) is 0 Å². The van der Waals surface area contributed by atoms with Crippen molar-refractivity contribution in [2.45, 2.75) is 31.0 Å². The molecule has 1 aliphatic heterocycles. The number of hydrogen-bond acceptors (Lipinski definition) is 5. The molecule has 1 aliphatic rings. The van der Waals surface area contributed by atoms with Crippen LogP contribution in [0, 0.1) is 0 Å². The van der Waals surface area contributed by atoms with E-state index < -0.39 is 10.0 Å². The van der Waals surface area contributed by atoms with Gasteiger partial charge in [0.2, 0.25) is 10.0 Å². The van der Waals surface area contributed by atoms with Gasteiger partial charge in [-0.2, -0.15) is 0 Å². The van der Waals surface area contributed by atoms with Gasteiger partial charge in [-0.15, -0.1) is 11.3 Å². The third-order valence-electron chi connectivity index (χ3n) is 3.27. The molecule has 1 amide bonds. The molecular weight excluding hydrogens is 312 g/mol. The Balaban J connectivity index is 2.20. The van der Waals surface area contributed by atoms with Gasteiger partial charge in [0.05, 0.1) is 22.0 Å². The monoisotopic (exact) mass is 332 g/mol. The van der Waals surface area contributed by atoms with Crippen LogP contribution in [0.25, 0.3) is 0 Å². The van der Waals surface area contributed by atoms with Crippen LogP contribution < -0.4 is 0 Å². The van der Waals surface area contributed by atoms with Crippen LogP contribution in [-0.4, -0.2) is 62.9 Å². The Labute approximate surface area is 129 Å². The molecule has 2 atom stereocenters. The SMILES string of the molecule is C[C@@H]1CN(C(=O)c2cc(S(=O)(=O)N(C)C)cs2)C[C@H](C)O1. The molecule has 1 aromatic heterocycles. The van der Waals surface area contributed by atoms with Gasteiger partial charge in [-0.25, -0.2) is 12.7 Å². The predicted octanol–water partition coefficient (Wildman–Crippen LogP) is 1.25. The fourth-order valence-electron chi connectivity index (χ4n) is 2.28. The molecule has 0 radical (unpaired) electrons. The predicted molar refractivity (Wildman–Crippen MR) is 81.1 cm³/mol. The van der Waals surface area contributed by atoms with Crippen molar-refractivity contribution in [1.29, 1.82) is 0 Å². The van der Waals surface area contributed by atoms with Gasteiger partial charge in [0.25, 0.3) is 5.91 Å². The first-order valence-electron chi connectivity index (χ1n) is 6.67. The van der Waals surface area contributed by atoms with Crippen LogP contribution in [-0.2, 0) is 14.8 Å². The minimum Gasteiger partial charge on any atom is -0.372 e. The van der Waals surface area contributed by atoms with Crippen LogP contribution in [0.5, 0.6) is 0 Å². The molecule has 2 rings (SSSR count). The van der Waals surface area contributed by atoms with Crippen molar-refractivity contribution >= 4 is 27.3 Å². The highest BCUT2D eigenvalue weighted by Gasteiger charge is 2.28. The number of nitrogens with zero attached hydrogens (tertiary/aromatic N) is 2. The van der Waals surface area contributed by atoms with E-state index in [1.165, 1.54) is 25.5 Å². The second-order valence-corrected chi connectivity index (χ2v) is 8.46. The number of amides is 1.